The first kappa shape index (κ1) is 21.5. The summed E-state index contributed by atoms with van der Waals surface area (Å²) in [6, 6.07) is 5.14. The molecule has 0 unspecified atom stereocenters. The molecule has 31 heavy (non-hydrogen) atoms. The summed E-state index contributed by atoms with van der Waals surface area (Å²) < 4.78 is 5.79. The lowest BCUT2D eigenvalue weighted by molar-refractivity contribution is 0.0557. The van der Waals surface area contributed by atoms with Crippen molar-refractivity contribution in [2.45, 2.75) is 58.7 Å². The first-order valence-corrected chi connectivity index (χ1v) is 11.2. The van der Waals surface area contributed by atoms with Crippen LogP contribution < -0.4 is 4.74 Å². The van der Waals surface area contributed by atoms with E-state index in [1.165, 1.54) is 16.7 Å². The fourth-order valence-electron chi connectivity index (χ4n) is 4.95. The third-order valence-electron chi connectivity index (χ3n) is 6.93. The second kappa shape index (κ2) is 8.79. The molecule has 2 saturated heterocycles. The molecule has 0 aliphatic carbocycles. The number of amides is 1. The molecule has 6 nitrogen and oxygen atoms in total. The van der Waals surface area contributed by atoms with E-state index in [0.29, 0.717) is 24.5 Å². The molecule has 2 bridgehead atoms. The molecule has 0 radical (unpaired) electrons. The van der Waals surface area contributed by atoms with Gasteiger partial charge >= 0.3 is 0 Å². The van der Waals surface area contributed by atoms with E-state index in [9.17, 15) is 4.79 Å². The highest BCUT2D eigenvalue weighted by molar-refractivity contribution is 5.91. The van der Waals surface area contributed by atoms with E-state index in [4.69, 9.17) is 4.74 Å². The van der Waals surface area contributed by atoms with Gasteiger partial charge in [-0.3, -0.25) is 9.69 Å². The molecule has 2 fully saturated rings. The third-order valence-corrected chi connectivity index (χ3v) is 6.93. The maximum absolute atomic E-state index is 13.0. The van der Waals surface area contributed by atoms with Crippen LogP contribution in [0.2, 0.25) is 0 Å². The van der Waals surface area contributed by atoms with Crippen molar-refractivity contribution in [3.63, 3.8) is 0 Å². The average molecular weight is 421 g/mol. The zero-order valence-corrected chi connectivity index (χ0v) is 19.0. The molecule has 1 aromatic heterocycles. The summed E-state index contributed by atoms with van der Waals surface area (Å²) in [5.41, 5.74) is 4.83. The number of likely N-dealkylation sites (tertiary alicyclic amines) is 2. The van der Waals surface area contributed by atoms with Crippen LogP contribution in [0.3, 0.4) is 0 Å². The molecule has 1 amide bonds. The molecule has 6 heteroatoms. The van der Waals surface area contributed by atoms with Crippen molar-refractivity contribution in [1.82, 2.24) is 19.8 Å². The number of rotatable bonds is 7. The van der Waals surface area contributed by atoms with Crippen LogP contribution in [0.5, 0.6) is 5.75 Å². The summed E-state index contributed by atoms with van der Waals surface area (Å²) >= 11 is 0. The van der Waals surface area contributed by atoms with Crippen molar-refractivity contribution < 1.29 is 9.53 Å². The van der Waals surface area contributed by atoms with Gasteiger partial charge in [-0.2, -0.15) is 0 Å². The maximum Gasteiger partial charge on any atom is 0.292 e. The van der Waals surface area contributed by atoms with E-state index in [2.05, 4.69) is 61.3 Å². The van der Waals surface area contributed by atoms with Crippen LogP contribution in [0.15, 0.2) is 37.2 Å². The van der Waals surface area contributed by atoms with Crippen LogP contribution in [0.1, 0.15) is 59.2 Å². The van der Waals surface area contributed by atoms with Gasteiger partial charge in [-0.15, -0.1) is 0 Å². The molecule has 0 saturated carbocycles. The van der Waals surface area contributed by atoms with Gasteiger partial charge in [0.1, 0.15) is 12.4 Å². The highest BCUT2D eigenvalue weighted by atomic mass is 16.5. The number of aryl methyl sites for hydroxylation is 1. The summed E-state index contributed by atoms with van der Waals surface area (Å²) in [7, 11) is 0. The van der Waals surface area contributed by atoms with Gasteiger partial charge in [0.15, 0.2) is 0 Å². The lowest BCUT2D eigenvalue weighted by atomic mass is 9.96. The quantitative estimate of drug-likeness (QED) is 0.636. The molecule has 4 rings (SSSR count). The van der Waals surface area contributed by atoms with E-state index >= 15 is 0 Å². The van der Waals surface area contributed by atoms with E-state index in [-0.39, 0.29) is 11.9 Å². The highest BCUT2D eigenvalue weighted by Gasteiger charge is 2.47. The highest BCUT2D eigenvalue weighted by Crippen LogP contribution is 2.39. The topological polar surface area (TPSA) is 58.6 Å². The Balaban J connectivity index is 1.45. The van der Waals surface area contributed by atoms with E-state index in [1.807, 2.05) is 4.90 Å². The van der Waals surface area contributed by atoms with Gasteiger partial charge in [0, 0.05) is 43.6 Å². The van der Waals surface area contributed by atoms with Crippen molar-refractivity contribution in [2.24, 2.45) is 0 Å². The fourth-order valence-corrected chi connectivity index (χ4v) is 4.95. The number of aromatic nitrogens is 2. The molecular formula is C25H32N4O2. The maximum atomic E-state index is 13.0. The molecule has 0 spiro atoms. The number of fused-ring (bicyclic) bond motifs is 2. The number of hydrogen-bond donors (Lipinski definition) is 0. The minimum Gasteiger partial charge on any atom is -0.489 e. The summed E-state index contributed by atoms with van der Waals surface area (Å²) in [5.74, 6) is 1.19. The molecule has 2 aromatic rings. The Morgan fingerprint density at radius 3 is 2.58 bits per heavy atom. The minimum atomic E-state index is -0.0433. The Morgan fingerprint density at radius 2 is 1.97 bits per heavy atom. The predicted molar refractivity (Wildman–Crippen MR) is 121 cm³/mol. The van der Waals surface area contributed by atoms with E-state index in [0.717, 1.165) is 37.2 Å². The van der Waals surface area contributed by atoms with Crippen LogP contribution in [0.4, 0.5) is 0 Å². The first-order valence-electron chi connectivity index (χ1n) is 11.2. The standard InChI is InChI=1S/C25H32N4O2/c1-6-10-31-23-9-8-22(16(3)17(23)4)18(5)28-14-21-11-20(28)15-29(21)25(30)24-26-12-19(7-2)13-27-24/h6,8-9,12-13,18,20-21H,1,7,10-11,14-15H2,2-5H3/t18-,20+,21+/m0/s1. The van der Waals surface area contributed by atoms with Crippen molar-refractivity contribution in [3.8, 4) is 5.75 Å². The van der Waals surface area contributed by atoms with Crippen LogP contribution >= 0.6 is 0 Å². The molecule has 3 heterocycles. The predicted octanol–water partition coefficient (Wildman–Crippen LogP) is 3.88. The Hall–Kier alpha value is -2.73. The first-order chi connectivity index (χ1) is 14.9. The second-order valence-electron chi connectivity index (χ2n) is 8.64. The monoisotopic (exact) mass is 420 g/mol. The van der Waals surface area contributed by atoms with Gasteiger partial charge in [0.2, 0.25) is 5.82 Å². The van der Waals surface area contributed by atoms with Crippen molar-refractivity contribution in [3.05, 3.63) is 65.3 Å². The minimum absolute atomic E-state index is 0.0433. The Morgan fingerprint density at radius 1 is 1.23 bits per heavy atom. The molecule has 164 valence electrons. The van der Waals surface area contributed by atoms with E-state index in [1.54, 1.807) is 18.5 Å². The molecule has 3 atom stereocenters. The van der Waals surface area contributed by atoms with Crippen LogP contribution in [0, 0.1) is 13.8 Å². The van der Waals surface area contributed by atoms with Gasteiger partial charge in [-0.25, -0.2) is 9.97 Å². The largest absolute Gasteiger partial charge is 0.489 e. The molecule has 1 aromatic carbocycles. The lowest BCUT2D eigenvalue weighted by Gasteiger charge is -2.38. The van der Waals surface area contributed by atoms with Gasteiger partial charge in [0.25, 0.3) is 5.91 Å². The van der Waals surface area contributed by atoms with Gasteiger partial charge in [-0.05, 0) is 61.9 Å². The molecule has 0 N–H and O–H groups in total. The number of piperazine rings is 1. The Bertz CT molecular complexity index is 972. The Kier molecular flexibility index (Phi) is 6.10. The van der Waals surface area contributed by atoms with Crippen molar-refractivity contribution in [2.75, 3.05) is 19.7 Å². The lowest BCUT2D eigenvalue weighted by Crippen LogP contribution is -2.49. The number of carbonyl (C=O) groups is 1. The van der Waals surface area contributed by atoms with Gasteiger partial charge < -0.3 is 9.64 Å². The molecule has 2 aliphatic rings. The zero-order chi connectivity index (χ0) is 22.1. The number of carbonyl (C=O) groups excluding carboxylic acids is 1. The van der Waals surface area contributed by atoms with Crippen molar-refractivity contribution in [1.29, 1.82) is 0 Å². The number of benzene rings is 1. The Labute approximate surface area is 184 Å². The SMILES string of the molecule is C=CCOc1ccc([C@H](C)N2C[C@H]3C[C@@H]2CN3C(=O)c2ncc(CC)cn2)c(C)c1C. The zero-order valence-electron chi connectivity index (χ0n) is 19.0. The molecule has 2 aliphatic heterocycles. The second-order valence-corrected chi connectivity index (χ2v) is 8.64. The van der Waals surface area contributed by atoms with Crippen LogP contribution in [-0.4, -0.2) is 57.5 Å². The van der Waals surface area contributed by atoms with Gasteiger partial charge in [0.05, 0.1) is 0 Å². The van der Waals surface area contributed by atoms with Crippen LogP contribution in [0.25, 0.3) is 0 Å². The normalized spacial score (nSPS) is 21.4. The molecular weight excluding hydrogens is 388 g/mol. The van der Waals surface area contributed by atoms with Crippen LogP contribution in [-0.2, 0) is 6.42 Å². The summed E-state index contributed by atoms with van der Waals surface area (Å²) in [6.45, 7) is 14.5. The average Bonchev–Trinajstić information content (AvgIpc) is 3.40. The van der Waals surface area contributed by atoms with E-state index < -0.39 is 0 Å². The summed E-state index contributed by atoms with van der Waals surface area (Å²) in [5, 5.41) is 0. The number of ether oxygens (including phenoxy) is 1. The number of nitrogens with zero attached hydrogens (tertiary/aromatic N) is 4. The summed E-state index contributed by atoms with van der Waals surface area (Å²) in [6.07, 6.45) is 7.17. The summed E-state index contributed by atoms with van der Waals surface area (Å²) in [4.78, 5) is 26.1. The van der Waals surface area contributed by atoms with Crippen molar-refractivity contribution >= 4 is 5.91 Å². The van der Waals surface area contributed by atoms with Gasteiger partial charge in [-0.1, -0.05) is 25.6 Å². The fraction of sp³-hybridized carbons (Fsp3) is 0.480. The third kappa shape index (κ3) is 3.97. The number of hydrogen-bond acceptors (Lipinski definition) is 5. The smallest absolute Gasteiger partial charge is 0.292 e.